The van der Waals surface area contributed by atoms with Crippen LogP contribution in [0.4, 0.5) is 5.69 Å². The zero-order valence-corrected chi connectivity index (χ0v) is 12.7. The van der Waals surface area contributed by atoms with Gasteiger partial charge in [-0.2, -0.15) is 0 Å². The van der Waals surface area contributed by atoms with Gasteiger partial charge in [0.05, 0.1) is 11.3 Å². The van der Waals surface area contributed by atoms with Gasteiger partial charge in [0.1, 0.15) is 5.75 Å². The summed E-state index contributed by atoms with van der Waals surface area (Å²) in [5.74, 6) is 0.354. The van der Waals surface area contributed by atoms with E-state index in [-0.39, 0.29) is 11.8 Å². The van der Waals surface area contributed by atoms with Crippen LogP contribution in [-0.2, 0) is 4.79 Å². The summed E-state index contributed by atoms with van der Waals surface area (Å²) in [5.41, 5.74) is 1.25. The van der Waals surface area contributed by atoms with Crippen molar-refractivity contribution >= 4 is 17.5 Å². The van der Waals surface area contributed by atoms with E-state index in [0.717, 1.165) is 5.69 Å². The molecule has 1 N–H and O–H groups in total. The van der Waals surface area contributed by atoms with Gasteiger partial charge in [-0.1, -0.05) is 12.1 Å². The predicted octanol–water partition coefficient (Wildman–Crippen LogP) is 1.63. The van der Waals surface area contributed by atoms with Gasteiger partial charge in [0.2, 0.25) is 0 Å². The first kappa shape index (κ1) is 15.0. The standard InChI is InChI=1S/C17H17N3O3/c1-20-13-6-2-3-7-14(13)23-15(17(20)22)8-10-19-16(21)12-5-4-9-18-11-12/h2-7,9,11,15H,8,10H2,1H3,(H,19,21). The van der Waals surface area contributed by atoms with E-state index in [1.165, 1.54) is 6.20 Å². The first-order chi connectivity index (χ1) is 11.2. The Labute approximate surface area is 134 Å². The number of carbonyl (C=O) groups is 2. The summed E-state index contributed by atoms with van der Waals surface area (Å²) in [7, 11) is 1.73. The van der Waals surface area contributed by atoms with Gasteiger partial charge in [0.15, 0.2) is 6.10 Å². The Morgan fingerprint density at radius 2 is 2.13 bits per heavy atom. The van der Waals surface area contributed by atoms with Crippen LogP contribution in [0.2, 0.25) is 0 Å². The van der Waals surface area contributed by atoms with Gasteiger partial charge in [0, 0.05) is 32.4 Å². The number of nitrogens with zero attached hydrogens (tertiary/aromatic N) is 2. The van der Waals surface area contributed by atoms with E-state index >= 15 is 0 Å². The molecule has 0 fully saturated rings. The molecule has 1 aliphatic heterocycles. The van der Waals surface area contributed by atoms with E-state index in [1.54, 1.807) is 30.3 Å². The Morgan fingerprint density at radius 1 is 1.30 bits per heavy atom. The number of benzene rings is 1. The van der Waals surface area contributed by atoms with Gasteiger partial charge in [0.25, 0.3) is 11.8 Å². The van der Waals surface area contributed by atoms with Crippen LogP contribution in [0.5, 0.6) is 5.75 Å². The molecule has 1 aliphatic rings. The van der Waals surface area contributed by atoms with Crippen LogP contribution in [0.3, 0.4) is 0 Å². The third-order valence-corrected chi connectivity index (χ3v) is 3.72. The van der Waals surface area contributed by atoms with E-state index in [0.29, 0.717) is 24.3 Å². The Balaban J connectivity index is 1.59. The molecule has 6 heteroatoms. The van der Waals surface area contributed by atoms with E-state index in [9.17, 15) is 9.59 Å². The number of pyridine rings is 1. The van der Waals surface area contributed by atoms with Gasteiger partial charge >= 0.3 is 0 Å². The molecule has 0 saturated heterocycles. The molecular formula is C17H17N3O3. The number of fused-ring (bicyclic) bond motifs is 1. The zero-order valence-electron chi connectivity index (χ0n) is 12.7. The van der Waals surface area contributed by atoms with Gasteiger partial charge in [-0.15, -0.1) is 0 Å². The van der Waals surface area contributed by atoms with Gasteiger partial charge in [-0.3, -0.25) is 14.6 Å². The minimum Gasteiger partial charge on any atom is -0.478 e. The Kier molecular flexibility index (Phi) is 4.23. The smallest absolute Gasteiger partial charge is 0.267 e. The summed E-state index contributed by atoms with van der Waals surface area (Å²) in [5, 5.41) is 2.78. The van der Waals surface area contributed by atoms with Crippen molar-refractivity contribution in [1.82, 2.24) is 10.3 Å². The summed E-state index contributed by atoms with van der Waals surface area (Å²) in [4.78, 5) is 29.7. The summed E-state index contributed by atoms with van der Waals surface area (Å²) in [6.45, 7) is 0.347. The third-order valence-electron chi connectivity index (χ3n) is 3.72. The first-order valence-corrected chi connectivity index (χ1v) is 7.38. The molecule has 0 aliphatic carbocycles. The van der Waals surface area contributed by atoms with E-state index < -0.39 is 6.10 Å². The highest BCUT2D eigenvalue weighted by molar-refractivity contribution is 5.99. The van der Waals surface area contributed by atoms with Crippen molar-refractivity contribution in [3.63, 3.8) is 0 Å². The maximum Gasteiger partial charge on any atom is 0.267 e. The Bertz CT molecular complexity index is 718. The number of aromatic nitrogens is 1. The second kappa shape index (κ2) is 6.48. The highest BCUT2D eigenvalue weighted by Gasteiger charge is 2.31. The van der Waals surface area contributed by atoms with Crippen LogP contribution >= 0.6 is 0 Å². The monoisotopic (exact) mass is 311 g/mol. The molecule has 0 radical (unpaired) electrons. The minimum absolute atomic E-state index is 0.112. The van der Waals surface area contributed by atoms with Crippen LogP contribution in [0.1, 0.15) is 16.8 Å². The van der Waals surface area contributed by atoms with Crippen LogP contribution in [0.15, 0.2) is 48.8 Å². The number of nitrogens with one attached hydrogen (secondary N) is 1. The van der Waals surface area contributed by atoms with E-state index in [1.807, 2.05) is 24.3 Å². The molecule has 0 spiro atoms. The van der Waals surface area contributed by atoms with Crippen molar-refractivity contribution in [2.24, 2.45) is 0 Å². The molecule has 1 aromatic heterocycles. The van der Waals surface area contributed by atoms with E-state index in [2.05, 4.69) is 10.3 Å². The van der Waals surface area contributed by atoms with Crippen LogP contribution < -0.4 is 15.0 Å². The van der Waals surface area contributed by atoms with Crippen molar-refractivity contribution in [2.45, 2.75) is 12.5 Å². The topological polar surface area (TPSA) is 71.5 Å². The van der Waals surface area contributed by atoms with Crippen molar-refractivity contribution in [1.29, 1.82) is 0 Å². The molecule has 0 bridgehead atoms. The van der Waals surface area contributed by atoms with Gasteiger partial charge in [-0.25, -0.2) is 0 Å². The van der Waals surface area contributed by atoms with Crippen LogP contribution in [0.25, 0.3) is 0 Å². The molecule has 2 amide bonds. The number of ether oxygens (including phenoxy) is 1. The highest BCUT2D eigenvalue weighted by Crippen LogP contribution is 2.33. The summed E-state index contributed by atoms with van der Waals surface area (Å²) in [6, 6.07) is 10.8. The predicted molar refractivity (Wildman–Crippen MR) is 85.5 cm³/mol. The second-order valence-electron chi connectivity index (χ2n) is 5.26. The number of amides is 2. The van der Waals surface area contributed by atoms with Crippen LogP contribution in [0, 0.1) is 0 Å². The van der Waals surface area contributed by atoms with Crippen LogP contribution in [-0.4, -0.2) is 36.5 Å². The summed E-state index contributed by atoms with van der Waals surface area (Å²) in [6.07, 6.45) is 2.92. The average molecular weight is 311 g/mol. The third kappa shape index (κ3) is 3.15. The SMILES string of the molecule is CN1C(=O)C(CCNC(=O)c2cccnc2)Oc2ccccc21. The molecule has 1 atom stereocenters. The largest absolute Gasteiger partial charge is 0.478 e. The number of carbonyl (C=O) groups excluding carboxylic acids is 2. The van der Waals surface area contributed by atoms with Crippen molar-refractivity contribution < 1.29 is 14.3 Å². The number of para-hydroxylation sites is 2. The quantitative estimate of drug-likeness (QED) is 0.931. The molecule has 2 heterocycles. The highest BCUT2D eigenvalue weighted by atomic mass is 16.5. The van der Waals surface area contributed by atoms with Crippen molar-refractivity contribution in [3.05, 3.63) is 54.4 Å². The fourth-order valence-corrected chi connectivity index (χ4v) is 2.47. The van der Waals surface area contributed by atoms with Gasteiger partial charge in [-0.05, 0) is 24.3 Å². The number of likely N-dealkylation sites (N-methyl/N-ethyl adjacent to an activating group) is 1. The lowest BCUT2D eigenvalue weighted by atomic mass is 10.1. The summed E-state index contributed by atoms with van der Waals surface area (Å²) >= 11 is 0. The average Bonchev–Trinajstić information content (AvgIpc) is 2.60. The number of anilines is 1. The molecule has 6 nitrogen and oxygen atoms in total. The van der Waals surface area contributed by atoms with Crippen molar-refractivity contribution in [3.8, 4) is 5.75 Å². The lowest BCUT2D eigenvalue weighted by molar-refractivity contribution is -0.126. The van der Waals surface area contributed by atoms with Crippen molar-refractivity contribution in [2.75, 3.05) is 18.5 Å². The molecule has 0 saturated carbocycles. The number of rotatable bonds is 4. The maximum atomic E-state index is 12.3. The van der Waals surface area contributed by atoms with Gasteiger partial charge < -0.3 is 15.0 Å². The second-order valence-corrected chi connectivity index (χ2v) is 5.26. The lowest BCUT2D eigenvalue weighted by Gasteiger charge is -2.31. The molecule has 2 aromatic rings. The Morgan fingerprint density at radius 3 is 2.91 bits per heavy atom. The van der Waals surface area contributed by atoms with E-state index in [4.69, 9.17) is 4.74 Å². The zero-order chi connectivity index (χ0) is 16.2. The summed E-state index contributed by atoms with van der Waals surface area (Å²) < 4.78 is 5.75. The number of hydrogen-bond donors (Lipinski definition) is 1. The minimum atomic E-state index is -0.593. The lowest BCUT2D eigenvalue weighted by Crippen LogP contribution is -2.45. The molecule has 1 aromatic carbocycles. The molecule has 118 valence electrons. The maximum absolute atomic E-state index is 12.3. The molecule has 23 heavy (non-hydrogen) atoms. The fourth-order valence-electron chi connectivity index (χ4n) is 2.47. The fraction of sp³-hybridized carbons (Fsp3) is 0.235. The number of hydrogen-bond acceptors (Lipinski definition) is 4. The Hall–Kier alpha value is -2.89. The molecule has 3 rings (SSSR count). The molecule has 1 unspecified atom stereocenters. The first-order valence-electron chi connectivity index (χ1n) is 7.38. The molecular weight excluding hydrogens is 294 g/mol. The normalized spacial score (nSPS) is 16.5.